The van der Waals surface area contributed by atoms with Gasteiger partial charge in [0.05, 0.1) is 14.2 Å². The highest BCUT2D eigenvalue weighted by molar-refractivity contribution is 6.59. The first-order valence-electron chi connectivity index (χ1n) is 6.74. The molecule has 7 heteroatoms. The van der Waals surface area contributed by atoms with Crippen LogP contribution in [0.5, 0.6) is 5.75 Å². The zero-order valence-electron chi connectivity index (χ0n) is 12.8. The summed E-state index contributed by atoms with van der Waals surface area (Å²) in [6.07, 6.45) is 0. The van der Waals surface area contributed by atoms with Crippen LogP contribution >= 0.6 is 0 Å². The molecule has 1 atom stereocenters. The molecule has 1 aromatic carbocycles. The molecule has 0 heterocycles. The summed E-state index contributed by atoms with van der Waals surface area (Å²) in [4.78, 5) is 11.7. The van der Waals surface area contributed by atoms with Gasteiger partial charge in [-0.1, -0.05) is 19.9 Å². The number of rotatable bonds is 7. The van der Waals surface area contributed by atoms with Crippen LogP contribution in [0.15, 0.2) is 18.2 Å². The van der Waals surface area contributed by atoms with Crippen LogP contribution in [0.1, 0.15) is 19.4 Å². The average Bonchev–Trinajstić information content (AvgIpc) is 2.46. The summed E-state index contributed by atoms with van der Waals surface area (Å²) in [5.41, 5.74) is 1.02. The van der Waals surface area contributed by atoms with Crippen molar-refractivity contribution in [1.29, 1.82) is 0 Å². The fraction of sp³-hybridized carbons (Fsp3) is 0.500. The van der Waals surface area contributed by atoms with E-state index in [4.69, 9.17) is 9.47 Å². The molecule has 0 spiro atoms. The van der Waals surface area contributed by atoms with E-state index in [0.29, 0.717) is 23.3 Å². The Labute approximate surface area is 125 Å². The summed E-state index contributed by atoms with van der Waals surface area (Å²) >= 11 is 0. The lowest BCUT2D eigenvalue weighted by atomic mass is 9.77. The van der Waals surface area contributed by atoms with Gasteiger partial charge in [0.15, 0.2) is 0 Å². The first kappa shape index (κ1) is 17.5. The minimum Gasteiger partial charge on any atom is -0.497 e. The van der Waals surface area contributed by atoms with Crippen molar-refractivity contribution < 1.29 is 24.3 Å². The number of ether oxygens (including phenoxy) is 2. The Kier molecular flexibility index (Phi) is 6.68. The molecule has 6 nitrogen and oxygen atoms in total. The highest BCUT2D eigenvalue weighted by Crippen LogP contribution is 2.12. The standard InChI is InChI=1S/C14H22BNO5/c1-9(2)13(14(17)21-4)16-8-10-7-11(20-3)5-6-12(10)15(18)19/h5-7,9,13,16,18-19H,8H2,1-4H3/t13-/m0/s1. The second-order valence-corrected chi connectivity index (χ2v) is 5.06. The van der Waals surface area contributed by atoms with Crippen LogP contribution in [0, 0.1) is 5.92 Å². The lowest BCUT2D eigenvalue weighted by molar-refractivity contribution is -0.144. The quantitative estimate of drug-likeness (QED) is 0.471. The second kappa shape index (κ2) is 8.02. The van der Waals surface area contributed by atoms with Crippen molar-refractivity contribution >= 4 is 18.6 Å². The molecule has 1 aromatic rings. The van der Waals surface area contributed by atoms with Crippen LogP contribution in [-0.4, -0.2) is 43.4 Å². The van der Waals surface area contributed by atoms with Crippen LogP contribution in [0.3, 0.4) is 0 Å². The van der Waals surface area contributed by atoms with E-state index in [1.165, 1.54) is 14.2 Å². The molecule has 0 saturated heterocycles. The van der Waals surface area contributed by atoms with Crippen molar-refractivity contribution in [3.63, 3.8) is 0 Å². The van der Waals surface area contributed by atoms with Crippen LogP contribution in [0.4, 0.5) is 0 Å². The Morgan fingerprint density at radius 2 is 2.00 bits per heavy atom. The van der Waals surface area contributed by atoms with E-state index < -0.39 is 13.2 Å². The van der Waals surface area contributed by atoms with Crippen molar-refractivity contribution in [2.45, 2.75) is 26.4 Å². The molecule has 116 valence electrons. The Morgan fingerprint density at radius 1 is 1.33 bits per heavy atom. The van der Waals surface area contributed by atoms with E-state index in [-0.39, 0.29) is 11.9 Å². The molecule has 0 unspecified atom stereocenters. The Bertz CT molecular complexity index is 478. The molecule has 0 aliphatic carbocycles. The summed E-state index contributed by atoms with van der Waals surface area (Å²) < 4.78 is 9.89. The molecule has 0 bridgehead atoms. The third-order valence-corrected chi connectivity index (χ3v) is 3.26. The molecule has 0 aliphatic rings. The lowest BCUT2D eigenvalue weighted by Crippen LogP contribution is -2.43. The topological polar surface area (TPSA) is 88.0 Å². The van der Waals surface area contributed by atoms with Crippen LogP contribution < -0.4 is 15.5 Å². The Morgan fingerprint density at radius 3 is 2.48 bits per heavy atom. The maximum absolute atomic E-state index is 11.7. The molecule has 3 N–H and O–H groups in total. The molecule has 0 radical (unpaired) electrons. The van der Waals surface area contributed by atoms with E-state index in [9.17, 15) is 14.8 Å². The van der Waals surface area contributed by atoms with E-state index in [2.05, 4.69) is 5.32 Å². The number of hydrogen-bond acceptors (Lipinski definition) is 6. The van der Waals surface area contributed by atoms with Crippen molar-refractivity contribution in [3.8, 4) is 5.75 Å². The van der Waals surface area contributed by atoms with Crippen LogP contribution in [-0.2, 0) is 16.1 Å². The number of esters is 1. The number of carbonyl (C=O) groups excluding carboxylic acids is 1. The number of hydrogen-bond donors (Lipinski definition) is 3. The van der Waals surface area contributed by atoms with Crippen molar-refractivity contribution in [1.82, 2.24) is 5.32 Å². The SMILES string of the molecule is COC(=O)[C@@H](NCc1cc(OC)ccc1B(O)O)C(C)C. The third kappa shape index (κ3) is 4.73. The minimum absolute atomic E-state index is 0.0468. The maximum Gasteiger partial charge on any atom is 0.488 e. The average molecular weight is 295 g/mol. The summed E-state index contributed by atoms with van der Waals surface area (Å²) in [6.45, 7) is 4.10. The van der Waals surface area contributed by atoms with Gasteiger partial charge in [0.2, 0.25) is 0 Å². The molecule has 0 amide bonds. The molecule has 0 aliphatic heterocycles. The van der Waals surface area contributed by atoms with E-state index >= 15 is 0 Å². The molecule has 21 heavy (non-hydrogen) atoms. The molecule has 0 aromatic heterocycles. The predicted molar refractivity (Wildman–Crippen MR) is 80.3 cm³/mol. The number of methoxy groups -OCH3 is 2. The van der Waals surface area contributed by atoms with Gasteiger partial charge in [-0.05, 0) is 29.1 Å². The monoisotopic (exact) mass is 295 g/mol. The zero-order valence-corrected chi connectivity index (χ0v) is 12.8. The molecule has 0 saturated carbocycles. The van der Waals surface area contributed by atoms with E-state index in [0.717, 1.165) is 0 Å². The fourth-order valence-corrected chi connectivity index (χ4v) is 2.05. The number of carbonyl (C=O) groups is 1. The first-order valence-corrected chi connectivity index (χ1v) is 6.74. The van der Waals surface area contributed by atoms with Crippen LogP contribution in [0.25, 0.3) is 0 Å². The van der Waals surface area contributed by atoms with Gasteiger partial charge in [-0.3, -0.25) is 4.79 Å². The first-order chi connectivity index (χ1) is 9.90. The molecule has 0 fully saturated rings. The fourth-order valence-electron chi connectivity index (χ4n) is 2.05. The lowest BCUT2D eigenvalue weighted by Gasteiger charge is -2.21. The predicted octanol–water partition coefficient (Wildman–Crippen LogP) is -0.338. The van der Waals surface area contributed by atoms with Crippen LogP contribution in [0.2, 0.25) is 0 Å². The Balaban J connectivity index is 2.92. The van der Waals surface area contributed by atoms with Gasteiger partial charge in [0, 0.05) is 6.54 Å². The maximum atomic E-state index is 11.7. The number of benzene rings is 1. The van der Waals surface area contributed by atoms with Crippen molar-refractivity contribution in [3.05, 3.63) is 23.8 Å². The van der Waals surface area contributed by atoms with Crippen molar-refractivity contribution in [2.24, 2.45) is 5.92 Å². The third-order valence-electron chi connectivity index (χ3n) is 3.26. The van der Waals surface area contributed by atoms with Crippen molar-refractivity contribution in [2.75, 3.05) is 14.2 Å². The minimum atomic E-state index is -1.58. The smallest absolute Gasteiger partial charge is 0.488 e. The van der Waals surface area contributed by atoms with Gasteiger partial charge in [0.25, 0.3) is 0 Å². The summed E-state index contributed by atoms with van der Waals surface area (Å²) in [5, 5.41) is 21.9. The van der Waals surface area contributed by atoms with Gasteiger partial charge in [-0.15, -0.1) is 0 Å². The van der Waals surface area contributed by atoms with E-state index in [1.54, 1.807) is 18.2 Å². The van der Waals surface area contributed by atoms with Gasteiger partial charge in [-0.25, -0.2) is 0 Å². The van der Waals surface area contributed by atoms with E-state index in [1.807, 2.05) is 13.8 Å². The number of nitrogens with one attached hydrogen (secondary N) is 1. The van der Waals surface area contributed by atoms with Gasteiger partial charge in [0.1, 0.15) is 11.8 Å². The normalized spacial score (nSPS) is 12.1. The summed E-state index contributed by atoms with van der Waals surface area (Å²) in [5.74, 6) is 0.305. The highest BCUT2D eigenvalue weighted by atomic mass is 16.5. The summed E-state index contributed by atoms with van der Waals surface area (Å²) in [7, 11) is 1.30. The molecule has 1 rings (SSSR count). The summed E-state index contributed by atoms with van der Waals surface area (Å²) in [6, 6.07) is 4.47. The second-order valence-electron chi connectivity index (χ2n) is 5.06. The molecular weight excluding hydrogens is 273 g/mol. The highest BCUT2D eigenvalue weighted by Gasteiger charge is 2.23. The van der Waals surface area contributed by atoms with Gasteiger partial charge in [-0.2, -0.15) is 0 Å². The zero-order chi connectivity index (χ0) is 16.0. The van der Waals surface area contributed by atoms with Gasteiger partial charge < -0.3 is 24.8 Å². The Hall–Kier alpha value is -1.57. The largest absolute Gasteiger partial charge is 0.497 e. The van der Waals surface area contributed by atoms with Gasteiger partial charge >= 0.3 is 13.1 Å². The molecular formula is C14H22BNO5.